The van der Waals surface area contributed by atoms with Crippen molar-refractivity contribution in [3.63, 3.8) is 0 Å². The highest BCUT2D eigenvalue weighted by Crippen LogP contribution is 2.47. The molecule has 0 bridgehead atoms. The smallest absolute Gasteiger partial charge is 0.123 e. The average Bonchev–Trinajstić information content (AvgIpc) is 3.26. The average molecular weight is 384 g/mol. The third-order valence-electron chi connectivity index (χ3n) is 4.08. The summed E-state index contributed by atoms with van der Waals surface area (Å²) in [6.07, 6.45) is 0. The van der Waals surface area contributed by atoms with Gasteiger partial charge in [0.2, 0.25) is 0 Å². The van der Waals surface area contributed by atoms with Crippen LogP contribution in [-0.2, 0) is 0 Å². The summed E-state index contributed by atoms with van der Waals surface area (Å²) in [6, 6.07) is 17.6. The number of hydrogen-bond acceptors (Lipinski definition) is 3. The lowest BCUT2D eigenvalue weighted by Crippen LogP contribution is -1.73. The van der Waals surface area contributed by atoms with Gasteiger partial charge in [-0.25, -0.2) is 8.78 Å². The molecule has 5 rings (SSSR count). The van der Waals surface area contributed by atoms with Crippen LogP contribution in [0.5, 0.6) is 0 Å². The van der Waals surface area contributed by atoms with Gasteiger partial charge < -0.3 is 0 Å². The fourth-order valence-corrected chi connectivity index (χ4v) is 6.88. The summed E-state index contributed by atoms with van der Waals surface area (Å²) >= 11 is 5.26. The van der Waals surface area contributed by atoms with E-state index in [1.807, 2.05) is 24.3 Å². The third kappa shape index (κ3) is 2.59. The van der Waals surface area contributed by atoms with Gasteiger partial charge in [0, 0.05) is 19.2 Å². The minimum absolute atomic E-state index is 0.216. The second kappa shape index (κ2) is 5.73. The maximum Gasteiger partial charge on any atom is 0.123 e. The topological polar surface area (TPSA) is 0 Å². The Labute approximate surface area is 154 Å². The first kappa shape index (κ1) is 15.2. The Bertz CT molecular complexity index is 1100. The van der Waals surface area contributed by atoms with E-state index in [4.69, 9.17) is 0 Å². The second-order valence-corrected chi connectivity index (χ2v) is 8.91. The van der Waals surface area contributed by atoms with Crippen molar-refractivity contribution in [3.8, 4) is 20.9 Å². The lowest BCUT2D eigenvalue weighted by molar-refractivity contribution is 0.627. The predicted molar refractivity (Wildman–Crippen MR) is 106 cm³/mol. The number of rotatable bonds is 2. The van der Waals surface area contributed by atoms with Crippen LogP contribution in [-0.4, -0.2) is 0 Å². The Morgan fingerprint density at radius 2 is 0.920 bits per heavy atom. The van der Waals surface area contributed by atoms with Crippen LogP contribution < -0.4 is 0 Å². The van der Waals surface area contributed by atoms with Crippen LogP contribution in [0.15, 0.2) is 60.7 Å². The molecule has 5 aromatic rings. The Balaban J connectivity index is 1.62. The Morgan fingerprint density at radius 3 is 1.32 bits per heavy atom. The zero-order chi connectivity index (χ0) is 17.0. The summed E-state index contributed by atoms with van der Waals surface area (Å²) in [5.74, 6) is -0.432. The van der Waals surface area contributed by atoms with E-state index in [2.05, 4.69) is 12.1 Å². The lowest BCUT2D eigenvalue weighted by atomic mass is 10.2. The maximum absolute atomic E-state index is 13.1. The lowest BCUT2D eigenvalue weighted by Gasteiger charge is -1.95. The Hall–Kier alpha value is -2.08. The van der Waals surface area contributed by atoms with E-state index in [-0.39, 0.29) is 11.6 Å². The summed E-state index contributed by atoms with van der Waals surface area (Å²) in [7, 11) is 0. The van der Waals surface area contributed by atoms with E-state index >= 15 is 0 Å². The van der Waals surface area contributed by atoms with Crippen molar-refractivity contribution in [1.29, 1.82) is 0 Å². The summed E-state index contributed by atoms with van der Waals surface area (Å²) in [4.78, 5) is 2.31. The van der Waals surface area contributed by atoms with Crippen LogP contribution in [0.2, 0.25) is 0 Å². The molecule has 2 aromatic carbocycles. The monoisotopic (exact) mass is 384 g/mol. The molecule has 0 fully saturated rings. The van der Waals surface area contributed by atoms with Gasteiger partial charge in [-0.15, -0.1) is 34.0 Å². The minimum Gasteiger partial charge on any atom is -0.207 e. The molecule has 0 spiro atoms. The molecule has 122 valence electrons. The van der Waals surface area contributed by atoms with E-state index in [1.54, 1.807) is 34.0 Å². The van der Waals surface area contributed by atoms with Gasteiger partial charge in [0.05, 0.1) is 9.40 Å². The molecule has 0 radical (unpaired) electrons. The number of benzene rings is 2. The molecule has 0 N–H and O–H groups in total. The molecule has 5 heteroatoms. The number of fused-ring (bicyclic) bond motifs is 3. The van der Waals surface area contributed by atoms with Crippen molar-refractivity contribution in [2.24, 2.45) is 0 Å². The highest BCUT2D eigenvalue weighted by atomic mass is 32.1. The summed E-state index contributed by atoms with van der Waals surface area (Å²) in [5, 5.41) is 0. The molecular formula is C20H10F2S3. The van der Waals surface area contributed by atoms with Crippen molar-refractivity contribution in [1.82, 2.24) is 0 Å². The number of halogens is 2. The van der Waals surface area contributed by atoms with E-state index in [0.29, 0.717) is 0 Å². The van der Waals surface area contributed by atoms with Crippen molar-refractivity contribution in [2.75, 3.05) is 0 Å². The van der Waals surface area contributed by atoms with Crippen LogP contribution in [0, 0.1) is 11.6 Å². The van der Waals surface area contributed by atoms with Gasteiger partial charge in [0.1, 0.15) is 11.6 Å². The zero-order valence-electron chi connectivity index (χ0n) is 12.8. The van der Waals surface area contributed by atoms with Gasteiger partial charge >= 0.3 is 0 Å². The first-order valence-corrected chi connectivity index (χ1v) is 10.1. The van der Waals surface area contributed by atoms with Gasteiger partial charge in [-0.05, 0) is 47.5 Å². The molecule has 0 saturated carbocycles. The normalized spacial score (nSPS) is 11.6. The first-order chi connectivity index (χ1) is 12.2. The highest BCUT2D eigenvalue weighted by Gasteiger charge is 2.14. The molecule has 3 heterocycles. The van der Waals surface area contributed by atoms with Crippen molar-refractivity contribution < 1.29 is 8.78 Å². The van der Waals surface area contributed by atoms with Gasteiger partial charge in [0.25, 0.3) is 0 Å². The zero-order valence-corrected chi connectivity index (χ0v) is 15.2. The second-order valence-electron chi connectivity index (χ2n) is 5.72. The first-order valence-electron chi connectivity index (χ1n) is 7.65. The maximum atomic E-state index is 13.1. The quantitative estimate of drug-likeness (QED) is 0.291. The molecule has 0 nitrogen and oxygen atoms in total. The number of thiophene rings is 3. The summed E-state index contributed by atoms with van der Waals surface area (Å²) in [5.41, 5.74) is 2.08. The molecule has 0 aliphatic rings. The van der Waals surface area contributed by atoms with Gasteiger partial charge in [-0.2, -0.15) is 0 Å². The molecule has 3 aromatic heterocycles. The largest absolute Gasteiger partial charge is 0.207 e. The van der Waals surface area contributed by atoms with Crippen LogP contribution in [0.25, 0.3) is 39.7 Å². The molecule has 0 aliphatic carbocycles. The number of hydrogen-bond donors (Lipinski definition) is 0. The molecule has 0 atom stereocenters. The molecule has 0 aliphatic heterocycles. The Morgan fingerprint density at radius 1 is 0.520 bits per heavy atom. The van der Waals surface area contributed by atoms with E-state index in [0.717, 1.165) is 20.9 Å². The molecular weight excluding hydrogens is 374 g/mol. The van der Waals surface area contributed by atoms with E-state index in [9.17, 15) is 8.78 Å². The fraction of sp³-hybridized carbons (Fsp3) is 0. The van der Waals surface area contributed by atoms with Gasteiger partial charge in [0.15, 0.2) is 0 Å². The van der Waals surface area contributed by atoms with E-state index < -0.39 is 0 Å². The molecule has 0 unspecified atom stereocenters. The van der Waals surface area contributed by atoms with Crippen LogP contribution in [0.4, 0.5) is 8.78 Å². The molecule has 0 amide bonds. The SMILES string of the molecule is Fc1ccc(-c2cc3sc4cc(-c5ccc(F)cc5)sc4c3s2)cc1. The van der Waals surface area contributed by atoms with E-state index in [1.165, 1.54) is 43.1 Å². The summed E-state index contributed by atoms with van der Waals surface area (Å²) < 4.78 is 31.3. The minimum atomic E-state index is -0.216. The van der Waals surface area contributed by atoms with Crippen molar-refractivity contribution >= 4 is 52.8 Å². The molecule has 25 heavy (non-hydrogen) atoms. The standard InChI is InChI=1S/C20H10F2S3/c21-13-5-1-11(2-6-13)15-9-17-19(24-15)20-18(23-17)10-16(25-20)12-3-7-14(22)8-4-12/h1-10H. The van der Waals surface area contributed by atoms with Crippen molar-refractivity contribution in [3.05, 3.63) is 72.3 Å². The predicted octanol–water partition coefficient (Wildman–Crippen LogP) is 7.79. The Kier molecular flexibility index (Phi) is 3.48. The van der Waals surface area contributed by atoms with Crippen LogP contribution in [0.1, 0.15) is 0 Å². The van der Waals surface area contributed by atoms with Crippen LogP contribution >= 0.6 is 34.0 Å². The molecule has 0 saturated heterocycles. The third-order valence-corrected chi connectivity index (χ3v) is 7.95. The van der Waals surface area contributed by atoms with Crippen molar-refractivity contribution in [2.45, 2.75) is 0 Å². The highest BCUT2D eigenvalue weighted by molar-refractivity contribution is 7.40. The fourth-order valence-electron chi connectivity index (χ4n) is 2.85. The van der Waals surface area contributed by atoms with Gasteiger partial charge in [-0.3, -0.25) is 0 Å². The van der Waals surface area contributed by atoms with Gasteiger partial charge in [-0.1, -0.05) is 24.3 Å². The van der Waals surface area contributed by atoms with Crippen LogP contribution in [0.3, 0.4) is 0 Å². The summed E-state index contributed by atoms with van der Waals surface area (Å²) in [6.45, 7) is 0.